The number of thiophene rings is 1. The third-order valence-electron chi connectivity index (χ3n) is 2.36. The SMILES string of the molecule is FC(F)(F)C1(CCNCc2ccsc2)N=N1. The fourth-order valence-corrected chi connectivity index (χ4v) is 1.97. The van der Waals surface area contributed by atoms with Gasteiger partial charge in [-0.05, 0) is 22.4 Å². The number of hydrogen-bond donors (Lipinski definition) is 1. The molecule has 0 atom stereocenters. The lowest BCUT2D eigenvalue weighted by molar-refractivity contribution is -0.164. The van der Waals surface area contributed by atoms with Gasteiger partial charge >= 0.3 is 6.18 Å². The van der Waals surface area contributed by atoms with Crippen LogP contribution in [0.5, 0.6) is 0 Å². The molecule has 0 aromatic carbocycles. The minimum absolute atomic E-state index is 0.124. The molecule has 0 amide bonds. The number of rotatable bonds is 5. The number of alkyl halides is 3. The summed E-state index contributed by atoms with van der Waals surface area (Å²) in [6.07, 6.45) is -4.47. The summed E-state index contributed by atoms with van der Waals surface area (Å²) in [5.41, 5.74) is -1.04. The zero-order chi connectivity index (χ0) is 11.6. The molecule has 0 saturated carbocycles. The number of nitrogens with zero attached hydrogens (tertiary/aromatic N) is 2. The first-order chi connectivity index (χ1) is 7.54. The number of halogens is 3. The molecule has 0 aliphatic carbocycles. The smallest absolute Gasteiger partial charge is 0.312 e. The lowest BCUT2D eigenvalue weighted by Crippen LogP contribution is -2.35. The van der Waals surface area contributed by atoms with Crippen LogP contribution < -0.4 is 5.32 Å². The Bertz CT molecular complexity index is 366. The predicted octanol–water partition coefficient (Wildman–Crippen LogP) is 2.95. The summed E-state index contributed by atoms with van der Waals surface area (Å²) in [4.78, 5) is 0. The van der Waals surface area contributed by atoms with Crippen molar-refractivity contribution >= 4 is 11.3 Å². The van der Waals surface area contributed by atoms with Crippen LogP contribution in [0.25, 0.3) is 0 Å². The van der Waals surface area contributed by atoms with Gasteiger partial charge in [-0.1, -0.05) is 0 Å². The highest BCUT2D eigenvalue weighted by Gasteiger charge is 2.63. The van der Waals surface area contributed by atoms with Crippen LogP contribution in [0.2, 0.25) is 0 Å². The first kappa shape index (κ1) is 11.5. The van der Waals surface area contributed by atoms with Gasteiger partial charge < -0.3 is 5.32 Å². The fourth-order valence-electron chi connectivity index (χ4n) is 1.30. The molecule has 1 N–H and O–H groups in total. The van der Waals surface area contributed by atoms with Crippen molar-refractivity contribution in [2.24, 2.45) is 10.2 Å². The largest absolute Gasteiger partial charge is 0.437 e. The average Bonchev–Trinajstić information content (AvgIpc) is 2.83. The molecule has 88 valence electrons. The molecule has 0 bridgehead atoms. The van der Waals surface area contributed by atoms with Crippen molar-refractivity contribution in [2.45, 2.75) is 24.8 Å². The van der Waals surface area contributed by atoms with Crippen molar-refractivity contribution in [1.82, 2.24) is 5.32 Å². The van der Waals surface area contributed by atoms with Crippen LogP contribution in [-0.4, -0.2) is 18.4 Å². The first-order valence-corrected chi connectivity index (χ1v) is 5.70. The van der Waals surface area contributed by atoms with Crippen LogP contribution in [0.3, 0.4) is 0 Å². The summed E-state index contributed by atoms with van der Waals surface area (Å²) in [5, 5.41) is 13.0. The summed E-state index contributed by atoms with van der Waals surface area (Å²) in [6, 6.07) is 1.93. The highest BCUT2D eigenvalue weighted by Crippen LogP contribution is 2.46. The predicted molar refractivity (Wildman–Crippen MR) is 54.3 cm³/mol. The first-order valence-electron chi connectivity index (χ1n) is 4.76. The molecule has 1 aromatic rings. The Morgan fingerprint density at radius 1 is 1.38 bits per heavy atom. The Morgan fingerprint density at radius 2 is 2.12 bits per heavy atom. The molecule has 1 aromatic heterocycles. The zero-order valence-corrected chi connectivity index (χ0v) is 9.11. The Morgan fingerprint density at radius 3 is 2.62 bits per heavy atom. The Balaban J connectivity index is 1.69. The van der Waals surface area contributed by atoms with E-state index in [-0.39, 0.29) is 13.0 Å². The van der Waals surface area contributed by atoms with E-state index in [4.69, 9.17) is 0 Å². The van der Waals surface area contributed by atoms with Gasteiger partial charge in [0.05, 0.1) is 0 Å². The maximum absolute atomic E-state index is 12.4. The van der Waals surface area contributed by atoms with E-state index in [2.05, 4.69) is 15.5 Å². The summed E-state index contributed by atoms with van der Waals surface area (Å²) < 4.78 is 37.1. The lowest BCUT2D eigenvalue weighted by atomic mass is 10.1. The summed E-state index contributed by atoms with van der Waals surface area (Å²) >= 11 is 1.56. The van der Waals surface area contributed by atoms with E-state index in [0.717, 1.165) is 5.56 Å². The van der Waals surface area contributed by atoms with Crippen molar-refractivity contribution in [3.8, 4) is 0 Å². The molecule has 16 heavy (non-hydrogen) atoms. The second-order valence-corrected chi connectivity index (χ2v) is 4.35. The van der Waals surface area contributed by atoms with Gasteiger partial charge in [0.15, 0.2) is 0 Å². The Kier molecular flexibility index (Phi) is 2.98. The zero-order valence-electron chi connectivity index (χ0n) is 8.29. The third kappa shape index (κ3) is 2.41. The Labute approximate surface area is 94.4 Å². The quantitative estimate of drug-likeness (QED) is 0.800. The van der Waals surface area contributed by atoms with Crippen LogP contribution in [0.4, 0.5) is 13.2 Å². The molecule has 0 spiro atoms. The maximum atomic E-state index is 12.4. The molecule has 0 radical (unpaired) electrons. The van der Waals surface area contributed by atoms with E-state index < -0.39 is 11.8 Å². The standard InChI is InChI=1S/C9H10F3N3S/c10-9(11,12)8(14-15-8)2-3-13-5-7-1-4-16-6-7/h1,4,6,13H,2-3,5H2. The van der Waals surface area contributed by atoms with Crippen molar-refractivity contribution in [2.75, 3.05) is 6.54 Å². The average molecular weight is 249 g/mol. The maximum Gasteiger partial charge on any atom is 0.437 e. The van der Waals surface area contributed by atoms with E-state index in [0.29, 0.717) is 6.54 Å². The van der Waals surface area contributed by atoms with Crippen molar-refractivity contribution < 1.29 is 13.2 Å². The molecule has 0 fully saturated rings. The van der Waals surface area contributed by atoms with Crippen molar-refractivity contribution in [3.63, 3.8) is 0 Å². The fraction of sp³-hybridized carbons (Fsp3) is 0.556. The molecule has 1 aliphatic rings. The van der Waals surface area contributed by atoms with Crippen LogP contribution in [0, 0.1) is 0 Å². The van der Waals surface area contributed by atoms with Gasteiger partial charge in [-0.2, -0.15) is 24.5 Å². The minimum Gasteiger partial charge on any atom is -0.312 e. The Hall–Kier alpha value is -0.950. The molecule has 0 unspecified atom stereocenters. The lowest BCUT2D eigenvalue weighted by Gasteiger charge is -2.14. The van der Waals surface area contributed by atoms with E-state index in [1.54, 1.807) is 11.3 Å². The van der Waals surface area contributed by atoms with E-state index in [9.17, 15) is 13.2 Å². The van der Waals surface area contributed by atoms with Gasteiger partial charge in [-0.15, -0.1) is 10.2 Å². The van der Waals surface area contributed by atoms with Crippen LogP contribution in [-0.2, 0) is 6.54 Å². The molecular formula is C9H10F3N3S. The second-order valence-electron chi connectivity index (χ2n) is 3.57. The molecular weight excluding hydrogens is 239 g/mol. The highest BCUT2D eigenvalue weighted by molar-refractivity contribution is 7.07. The monoisotopic (exact) mass is 249 g/mol. The van der Waals surface area contributed by atoms with Gasteiger partial charge in [-0.3, -0.25) is 0 Å². The van der Waals surface area contributed by atoms with Gasteiger partial charge in [0.1, 0.15) is 0 Å². The van der Waals surface area contributed by atoms with Crippen LogP contribution >= 0.6 is 11.3 Å². The van der Waals surface area contributed by atoms with Crippen molar-refractivity contribution in [1.29, 1.82) is 0 Å². The minimum atomic E-state index is -4.35. The van der Waals surface area contributed by atoms with Crippen molar-refractivity contribution in [3.05, 3.63) is 22.4 Å². The molecule has 7 heteroatoms. The molecule has 0 saturated heterocycles. The summed E-state index contributed by atoms with van der Waals surface area (Å²) in [7, 11) is 0. The normalized spacial score (nSPS) is 17.7. The van der Waals surface area contributed by atoms with E-state index in [1.165, 1.54) is 0 Å². The van der Waals surface area contributed by atoms with Gasteiger partial charge in [0, 0.05) is 19.5 Å². The molecule has 1 aliphatic heterocycles. The number of nitrogens with one attached hydrogen (secondary N) is 1. The molecule has 2 rings (SSSR count). The second kappa shape index (κ2) is 4.14. The molecule has 2 heterocycles. The van der Waals surface area contributed by atoms with Gasteiger partial charge in [0.2, 0.25) is 0 Å². The van der Waals surface area contributed by atoms with Gasteiger partial charge in [0.25, 0.3) is 5.66 Å². The number of hydrogen-bond acceptors (Lipinski definition) is 4. The highest BCUT2D eigenvalue weighted by atomic mass is 32.1. The topological polar surface area (TPSA) is 36.8 Å². The summed E-state index contributed by atoms with van der Waals surface area (Å²) in [6.45, 7) is 0.833. The van der Waals surface area contributed by atoms with E-state index in [1.807, 2.05) is 16.8 Å². The summed E-state index contributed by atoms with van der Waals surface area (Å²) in [5.74, 6) is 0. The molecule has 3 nitrogen and oxygen atoms in total. The van der Waals surface area contributed by atoms with Crippen LogP contribution in [0.15, 0.2) is 27.1 Å². The van der Waals surface area contributed by atoms with Gasteiger partial charge in [-0.25, -0.2) is 0 Å². The third-order valence-corrected chi connectivity index (χ3v) is 3.09. The van der Waals surface area contributed by atoms with E-state index >= 15 is 0 Å². The van der Waals surface area contributed by atoms with Crippen LogP contribution in [0.1, 0.15) is 12.0 Å².